The highest BCUT2D eigenvalue weighted by molar-refractivity contribution is 7.11. The quantitative estimate of drug-likeness (QED) is 0.860. The number of carbonyl (C=O) groups is 1. The van der Waals surface area contributed by atoms with Crippen LogP contribution >= 0.6 is 11.3 Å². The smallest absolute Gasteiger partial charge is 0.309 e. The Labute approximate surface area is 93.2 Å². The summed E-state index contributed by atoms with van der Waals surface area (Å²) in [7, 11) is 0. The zero-order valence-electron chi connectivity index (χ0n) is 8.82. The van der Waals surface area contributed by atoms with Crippen LogP contribution in [0, 0.1) is 6.92 Å². The number of nitrogens with zero attached hydrogens (tertiary/aromatic N) is 1. The second kappa shape index (κ2) is 4.31. The Morgan fingerprint density at radius 2 is 2.20 bits per heavy atom. The molecule has 0 unspecified atom stereocenters. The fourth-order valence-corrected chi connectivity index (χ4v) is 3.37. The van der Waals surface area contributed by atoms with Crippen LogP contribution in [0.3, 0.4) is 0 Å². The first-order chi connectivity index (χ1) is 7.16. The Balaban J connectivity index is 2.24. The maximum absolute atomic E-state index is 10.7. The molecule has 82 valence electrons. The lowest BCUT2D eigenvalue weighted by Gasteiger charge is -2.07. The van der Waals surface area contributed by atoms with E-state index in [9.17, 15) is 4.79 Å². The van der Waals surface area contributed by atoms with Gasteiger partial charge in [-0.2, -0.15) is 0 Å². The van der Waals surface area contributed by atoms with Crippen LogP contribution in [0.5, 0.6) is 0 Å². The summed E-state index contributed by atoms with van der Waals surface area (Å²) in [6.45, 7) is 1.95. The predicted molar refractivity (Wildman–Crippen MR) is 59.4 cm³/mol. The topological polar surface area (TPSA) is 50.2 Å². The fourth-order valence-electron chi connectivity index (χ4n) is 2.26. The maximum Gasteiger partial charge on any atom is 0.309 e. The summed E-state index contributed by atoms with van der Waals surface area (Å²) in [6.07, 6.45) is 5.03. The van der Waals surface area contributed by atoms with E-state index in [2.05, 4.69) is 4.98 Å². The lowest BCUT2D eigenvalue weighted by Crippen LogP contribution is -2.04. The number of aryl methyl sites for hydroxylation is 1. The van der Waals surface area contributed by atoms with E-state index in [1.165, 1.54) is 30.6 Å². The van der Waals surface area contributed by atoms with Crippen molar-refractivity contribution in [3.63, 3.8) is 0 Å². The molecule has 0 radical (unpaired) electrons. The second-order valence-corrected chi connectivity index (χ2v) is 5.33. The van der Waals surface area contributed by atoms with E-state index < -0.39 is 5.97 Å². The third-order valence-corrected chi connectivity index (χ3v) is 4.05. The molecule has 1 heterocycles. The van der Waals surface area contributed by atoms with Crippen molar-refractivity contribution in [1.82, 2.24) is 4.98 Å². The number of carboxylic acid groups (broad SMARTS) is 1. The molecule has 0 aliphatic heterocycles. The molecule has 0 amide bonds. The van der Waals surface area contributed by atoms with Crippen molar-refractivity contribution in [2.45, 2.75) is 44.9 Å². The van der Waals surface area contributed by atoms with Gasteiger partial charge < -0.3 is 5.11 Å². The molecule has 0 spiro atoms. The molecule has 1 aliphatic carbocycles. The molecule has 1 fully saturated rings. The van der Waals surface area contributed by atoms with Crippen LogP contribution in [0.15, 0.2) is 0 Å². The van der Waals surface area contributed by atoms with Crippen molar-refractivity contribution in [3.8, 4) is 0 Å². The molecule has 2 rings (SSSR count). The molecule has 1 aromatic rings. The number of aromatic nitrogens is 1. The van der Waals surface area contributed by atoms with Crippen molar-refractivity contribution in [2.75, 3.05) is 0 Å². The van der Waals surface area contributed by atoms with Gasteiger partial charge in [-0.25, -0.2) is 4.98 Å². The number of carboxylic acids is 1. The summed E-state index contributed by atoms with van der Waals surface area (Å²) in [4.78, 5) is 16.3. The second-order valence-electron chi connectivity index (χ2n) is 4.10. The molecule has 3 nitrogen and oxygen atoms in total. The van der Waals surface area contributed by atoms with Crippen LogP contribution in [0.2, 0.25) is 0 Å². The zero-order valence-corrected chi connectivity index (χ0v) is 9.64. The Morgan fingerprint density at radius 1 is 1.53 bits per heavy atom. The van der Waals surface area contributed by atoms with E-state index in [0.29, 0.717) is 5.92 Å². The minimum Gasteiger partial charge on any atom is -0.481 e. The average Bonchev–Trinajstić information content (AvgIpc) is 2.72. The van der Waals surface area contributed by atoms with E-state index in [1.54, 1.807) is 11.3 Å². The molecule has 0 atom stereocenters. The summed E-state index contributed by atoms with van der Waals surface area (Å²) in [5, 5.41) is 9.80. The molecular formula is C11H15NO2S. The third-order valence-electron chi connectivity index (χ3n) is 2.88. The van der Waals surface area contributed by atoms with Crippen molar-refractivity contribution in [1.29, 1.82) is 0 Å². The molecule has 1 saturated carbocycles. The Bertz CT molecular complexity index is 367. The van der Waals surface area contributed by atoms with Crippen LogP contribution in [0.25, 0.3) is 0 Å². The first-order valence-corrected chi connectivity index (χ1v) is 6.16. The minimum atomic E-state index is -0.778. The van der Waals surface area contributed by atoms with Crippen LogP contribution in [0.1, 0.15) is 47.2 Å². The number of aliphatic carboxylic acids is 1. The predicted octanol–water partition coefficient (Wildman–Crippen LogP) is 2.74. The first-order valence-electron chi connectivity index (χ1n) is 5.35. The summed E-state index contributed by atoms with van der Waals surface area (Å²) >= 11 is 1.68. The van der Waals surface area contributed by atoms with Crippen molar-refractivity contribution >= 4 is 17.3 Å². The summed E-state index contributed by atoms with van der Waals surface area (Å²) in [6, 6.07) is 0. The largest absolute Gasteiger partial charge is 0.481 e. The van der Waals surface area contributed by atoms with Crippen molar-refractivity contribution in [2.24, 2.45) is 0 Å². The number of thiazole rings is 1. The van der Waals surface area contributed by atoms with Gasteiger partial charge in [-0.3, -0.25) is 4.79 Å². The number of rotatable bonds is 3. The average molecular weight is 225 g/mol. The molecule has 1 N–H and O–H groups in total. The van der Waals surface area contributed by atoms with Gasteiger partial charge in [0, 0.05) is 4.88 Å². The van der Waals surface area contributed by atoms with Gasteiger partial charge in [-0.15, -0.1) is 11.3 Å². The Kier molecular flexibility index (Phi) is 3.05. The summed E-state index contributed by atoms with van der Waals surface area (Å²) < 4.78 is 0. The molecule has 4 heteroatoms. The van der Waals surface area contributed by atoms with Crippen LogP contribution < -0.4 is 0 Å². The van der Waals surface area contributed by atoms with Crippen molar-refractivity contribution in [3.05, 3.63) is 15.6 Å². The lowest BCUT2D eigenvalue weighted by atomic mass is 10.0. The highest BCUT2D eigenvalue weighted by Gasteiger charge is 2.23. The zero-order chi connectivity index (χ0) is 10.8. The molecule has 0 saturated heterocycles. The minimum absolute atomic E-state index is 0.0795. The van der Waals surface area contributed by atoms with E-state index in [0.717, 1.165) is 10.7 Å². The summed E-state index contributed by atoms with van der Waals surface area (Å²) in [5.41, 5.74) is 0.803. The van der Waals surface area contributed by atoms with E-state index >= 15 is 0 Å². The van der Waals surface area contributed by atoms with Crippen molar-refractivity contribution < 1.29 is 9.90 Å². The van der Waals surface area contributed by atoms with Gasteiger partial charge in [0.1, 0.15) is 0 Å². The van der Waals surface area contributed by atoms with Gasteiger partial charge in [0.15, 0.2) is 0 Å². The van der Waals surface area contributed by atoms with E-state index in [4.69, 9.17) is 5.11 Å². The van der Waals surface area contributed by atoms with Gasteiger partial charge in [-0.05, 0) is 25.7 Å². The van der Waals surface area contributed by atoms with Gasteiger partial charge >= 0.3 is 5.97 Å². The van der Waals surface area contributed by atoms with Crippen LogP contribution in [0.4, 0.5) is 0 Å². The Hall–Kier alpha value is -0.900. The fraction of sp³-hybridized carbons (Fsp3) is 0.636. The molecule has 1 aliphatic rings. The molecule has 1 aromatic heterocycles. The van der Waals surface area contributed by atoms with Gasteiger partial charge in [0.25, 0.3) is 0 Å². The van der Waals surface area contributed by atoms with Gasteiger partial charge in [-0.1, -0.05) is 12.8 Å². The van der Waals surface area contributed by atoms with Crippen LogP contribution in [-0.2, 0) is 11.2 Å². The third kappa shape index (κ3) is 2.37. The van der Waals surface area contributed by atoms with Crippen LogP contribution in [-0.4, -0.2) is 16.1 Å². The Morgan fingerprint density at radius 3 is 2.80 bits per heavy atom. The molecule has 0 bridgehead atoms. The molecule has 15 heavy (non-hydrogen) atoms. The van der Waals surface area contributed by atoms with Gasteiger partial charge in [0.2, 0.25) is 0 Å². The first kappa shape index (κ1) is 10.6. The highest BCUT2D eigenvalue weighted by atomic mass is 32.1. The highest BCUT2D eigenvalue weighted by Crippen LogP contribution is 2.38. The standard InChI is InChI=1S/C11H15NO2S/c1-7-12-9(6-10(13)14)11(15-7)8-4-2-3-5-8/h8H,2-6H2,1H3,(H,13,14). The number of hydrogen-bond acceptors (Lipinski definition) is 3. The van der Waals surface area contributed by atoms with E-state index in [1.807, 2.05) is 6.92 Å². The molecular weight excluding hydrogens is 210 g/mol. The summed E-state index contributed by atoms with van der Waals surface area (Å²) in [5.74, 6) is -0.204. The SMILES string of the molecule is Cc1nc(CC(=O)O)c(C2CCCC2)s1. The normalized spacial score (nSPS) is 17.1. The molecule has 0 aromatic carbocycles. The van der Waals surface area contributed by atoms with E-state index in [-0.39, 0.29) is 6.42 Å². The number of hydrogen-bond donors (Lipinski definition) is 1. The maximum atomic E-state index is 10.7. The monoisotopic (exact) mass is 225 g/mol. The van der Waals surface area contributed by atoms with Gasteiger partial charge in [0.05, 0.1) is 17.1 Å². The lowest BCUT2D eigenvalue weighted by molar-refractivity contribution is -0.136.